The standard InChI is InChI=1S/C26H31N7O5/c1-26(32-25(36)38-17-18-8-3-2-4-9-18,23(35)37-15-6-5-12-27-24-28-13-14-29-24)31-22(34)19-10-7-11-21-20(19)16-30-33-21/h2-4,7-11,16H,5-6,12-15,17H2,1H3,(H,30,33)(H,31,34)(H,32,36)(H2,27,28,29)/t26-/m0/s1. The smallest absolute Gasteiger partial charge is 0.409 e. The molecule has 5 N–H and O–H groups in total. The molecule has 38 heavy (non-hydrogen) atoms. The molecule has 0 saturated carbocycles. The van der Waals surface area contributed by atoms with Gasteiger partial charge in [0, 0.05) is 18.5 Å². The molecule has 0 radical (unpaired) electrons. The van der Waals surface area contributed by atoms with Gasteiger partial charge in [-0.25, -0.2) is 9.59 Å². The molecule has 0 spiro atoms. The molecule has 12 heteroatoms. The molecule has 2 heterocycles. The number of aliphatic imine (C=N–C) groups is 1. The number of hydrogen-bond donors (Lipinski definition) is 5. The minimum atomic E-state index is -1.89. The van der Waals surface area contributed by atoms with Gasteiger partial charge in [0.05, 0.1) is 30.4 Å². The number of fused-ring (bicyclic) bond motifs is 1. The third-order valence-corrected chi connectivity index (χ3v) is 5.84. The molecule has 4 rings (SSSR count). The highest BCUT2D eigenvalue weighted by atomic mass is 16.6. The maximum Gasteiger partial charge on any atom is 0.409 e. The monoisotopic (exact) mass is 521 g/mol. The summed E-state index contributed by atoms with van der Waals surface area (Å²) in [4.78, 5) is 43.2. The second kappa shape index (κ2) is 12.6. The summed E-state index contributed by atoms with van der Waals surface area (Å²) in [5, 5.41) is 18.7. The summed E-state index contributed by atoms with van der Waals surface area (Å²) in [6, 6.07) is 14.2. The van der Waals surface area contributed by atoms with Gasteiger partial charge in [0.2, 0.25) is 5.66 Å². The number of unbranched alkanes of at least 4 members (excludes halogenated alkanes) is 1. The van der Waals surface area contributed by atoms with Crippen molar-refractivity contribution in [2.45, 2.75) is 32.0 Å². The lowest BCUT2D eigenvalue weighted by Crippen LogP contribution is -2.64. The Morgan fingerprint density at radius 3 is 2.66 bits per heavy atom. The van der Waals surface area contributed by atoms with E-state index in [1.165, 1.54) is 13.1 Å². The Hall–Kier alpha value is -4.61. The fourth-order valence-electron chi connectivity index (χ4n) is 3.82. The highest BCUT2D eigenvalue weighted by Gasteiger charge is 2.39. The average Bonchev–Trinajstić information content (AvgIpc) is 3.62. The summed E-state index contributed by atoms with van der Waals surface area (Å²) in [7, 11) is 0. The van der Waals surface area contributed by atoms with Gasteiger partial charge in [-0.3, -0.25) is 20.2 Å². The lowest BCUT2D eigenvalue weighted by molar-refractivity contribution is -0.152. The summed E-state index contributed by atoms with van der Waals surface area (Å²) in [5.74, 6) is -0.645. The van der Waals surface area contributed by atoms with Crippen molar-refractivity contribution in [2.24, 2.45) is 4.99 Å². The van der Waals surface area contributed by atoms with Crippen LogP contribution in [0.25, 0.3) is 10.9 Å². The predicted molar refractivity (Wildman–Crippen MR) is 140 cm³/mol. The summed E-state index contributed by atoms with van der Waals surface area (Å²) >= 11 is 0. The van der Waals surface area contributed by atoms with Crippen LogP contribution in [0.5, 0.6) is 0 Å². The minimum Gasteiger partial charge on any atom is -0.463 e. The number of guanidine groups is 1. The fraction of sp³-hybridized carbons (Fsp3) is 0.346. The average molecular weight is 522 g/mol. The van der Waals surface area contributed by atoms with Crippen LogP contribution in [-0.2, 0) is 20.9 Å². The van der Waals surface area contributed by atoms with Gasteiger partial charge in [0.1, 0.15) is 6.61 Å². The number of carbonyl (C=O) groups excluding carboxylic acids is 3. The molecule has 1 aromatic heterocycles. The van der Waals surface area contributed by atoms with Gasteiger partial charge in [-0.05, 0) is 37.5 Å². The summed E-state index contributed by atoms with van der Waals surface area (Å²) in [5.41, 5.74) is -0.180. The predicted octanol–water partition coefficient (Wildman–Crippen LogP) is 1.81. The third-order valence-electron chi connectivity index (χ3n) is 5.84. The molecule has 0 unspecified atom stereocenters. The van der Waals surface area contributed by atoms with Gasteiger partial charge in [-0.2, -0.15) is 5.10 Å². The molecule has 1 atom stereocenters. The molecular formula is C26H31N7O5. The first-order chi connectivity index (χ1) is 18.4. The van der Waals surface area contributed by atoms with E-state index in [0.29, 0.717) is 23.9 Å². The van der Waals surface area contributed by atoms with Crippen molar-refractivity contribution >= 4 is 34.8 Å². The first kappa shape index (κ1) is 26.5. The van der Waals surface area contributed by atoms with Crippen molar-refractivity contribution in [1.82, 2.24) is 31.5 Å². The Morgan fingerprint density at radius 1 is 1.03 bits per heavy atom. The van der Waals surface area contributed by atoms with E-state index in [1.807, 2.05) is 18.2 Å². The van der Waals surface area contributed by atoms with Gasteiger partial charge in [0.15, 0.2) is 5.96 Å². The number of aromatic amines is 1. The van der Waals surface area contributed by atoms with Crippen LogP contribution in [0.4, 0.5) is 4.79 Å². The van der Waals surface area contributed by atoms with Crippen LogP contribution in [-0.4, -0.2) is 66.0 Å². The first-order valence-corrected chi connectivity index (χ1v) is 12.4. The zero-order valence-electron chi connectivity index (χ0n) is 21.1. The third kappa shape index (κ3) is 6.99. The molecule has 12 nitrogen and oxygen atoms in total. The zero-order chi connectivity index (χ0) is 26.8. The van der Waals surface area contributed by atoms with E-state index in [0.717, 1.165) is 31.0 Å². The normalized spacial score (nSPS) is 14.1. The summed E-state index contributed by atoms with van der Waals surface area (Å²) in [6.07, 6.45) is 1.93. The molecule has 2 amide bonds. The second-order valence-electron chi connectivity index (χ2n) is 8.83. The van der Waals surface area contributed by atoms with E-state index in [-0.39, 0.29) is 18.8 Å². The molecule has 1 aliphatic rings. The van der Waals surface area contributed by atoms with Gasteiger partial charge in [-0.15, -0.1) is 0 Å². The Balaban J connectivity index is 1.37. The molecular weight excluding hydrogens is 490 g/mol. The molecule has 1 aliphatic heterocycles. The number of esters is 1. The van der Waals surface area contributed by atoms with Gasteiger partial charge in [-0.1, -0.05) is 36.4 Å². The van der Waals surface area contributed by atoms with E-state index < -0.39 is 23.6 Å². The van der Waals surface area contributed by atoms with E-state index in [2.05, 4.69) is 36.5 Å². The molecule has 3 aromatic rings. The zero-order valence-corrected chi connectivity index (χ0v) is 21.1. The number of benzene rings is 2. The largest absolute Gasteiger partial charge is 0.463 e. The Morgan fingerprint density at radius 2 is 1.87 bits per heavy atom. The molecule has 2 aromatic carbocycles. The first-order valence-electron chi connectivity index (χ1n) is 12.4. The Bertz CT molecular complexity index is 1290. The Kier molecular flexibility index (Phi) is 8.75. The number of alkyl carbamates (subject to hydrolysis) is 1. The van der Waals surface area contributed by atoms with Crippen molar-refractivity contribution < 1.29 is 23.9 Å². The summed E-state index contributed by atoms with van der Waals surface area (Å²) in [6.45, 7) is 3.69. The number of hydrogen-bond acceptors (Lipinski definition) is 9. The fourth-order valence-corrected chi connectivity index (χ4v) is 3.82. The van der Waals surface area contributed by atoms with Gasteiger partial charge >= 0.3 is 12.1 Å². The van der Waals surface area contributed by atoms with Crippen LogP contribution < -0.4 is 21.3 Å². The quantitative estimate of drug-likeness (QED) is 0.145. The van der Waals surface area contributed by atoms with Crippen LogP contribution in [0.3, 0.4) is 0 Å². The number of amides is 2. The number of H-pyrrole nitrogens is 1. The molecule has 0 fully saturated rings. The van der Waals surface area contributed by atoms with Crippen molar-refractivity contribution in [3.8, 4) is 0 Å². The number of nitrogens with one attached hydrogen (secondary N) is 5. The van der Waals surface area contributed by atoms with Crippen LogP contribution >= 0.6 is 0 Å². The van der Waals surface area contributed by atoms with Crippen molar-refractivity contribution in [3.05, 3.63) is 65.9 Å². The molecule has 0 aliphatic carbocycles. The highest BCUT2D eigenvalue weighted by molar-refractivity contribution is 6.07. The van der Waals surface area contributed by atoms with Gasteiger partial charge < -0.3 is 25.4 Å². The number of rotatable bonds is 11. The molecule has 0 bridgehead atoms. The summed E-state index contributed by atoms with van der Waals surface area (Å²) < 4.78 is 10.7. The highest BCUT2D eigenvalue weighted by Crippen LogP contribution is 2.17. The lowest BCUT2D eigenvalue weighted by atomic mass is 10.1. The van der Waals surface area contributed by atoms with Crippen LogP contribution in [0.15, 0.2) is 59.7 Å². The van der Waals surface area contributed by atoms with Crippen LogP contribution in [0.1, 0.15) is 35.7 Å². The van der Waals surface area contributed by atoms with Crippen molar-refractivity contribution in [2.75, 3.05) is 26.2 Å². The SMILES string of the molecule is C[C@@](NC(=O)OCc1ccccc1)(NC(=O)c1cccc2[nH]ncc12)C(=O)OCCCCNC1=NCCN1. The molecule has 0 saturated heterocycles. The van der Waals surface area contributed by atoms with Crippen LogP contribution in [0, 0.1) is 0 Å². The molecule has 200 valence electrons. The van der Waals surface area contributed by atoms with E-state index >= 15 is 0 Å². The Labute approximate surface area is 219 Å². The number of ether oxygens (including phenoxy) is 2. The lowest BCUT2D eigenvalue weighted by Gasteiger charge is -2.29. The van der Waals surface area contributed by atoms with Crippen LogP contribution in [0.2, 0.25) is 0 Å². The van der Waals surface area contributed by atoms with Crippen molar-refractivity contribution in [1.29, 1.82) is 0 Å². The minimum absolute atomic E-state index is 0.00672. The van der Waals surface area contributed by atoms with E-state index in [1.54, 1.807) is 30.3 Å². The maximum atomic E-state index is 13.2. The number of nitrogens with zero attached hydrogens (tertiary/aromatic N) is 2. The van der Waals surface area contributed by atoms with Gasteiger partial charge in [0.25, 0.3) is 5.91 Å². The number of aromatic nitrogens is 2. The topological polar surface area (TPSA) is 159 Å². The second-order valence-corrected chi connectivity index (χ2v) is 8.83. The maximum absolute atomic E-state index is 13.2. The van der Waals surface area contributed by atoms with Crippen molar-refractivity contribution in [3.63, 3.8) is 0 Å². The van der Waals surface area contributed by atoms with E-state index in [9.17, 15) is 14.4 Å². The number of carbonyl (C=O) groups is 3. The van der Waals surface area contributed by atoms with E-state index in [4.69, 9.17) is 9.47 Å².